The molecule has 0 atom stereocenters. The van der Waals surface area contributed by atoms with E-state index in [1.807, 2.05) is 0 Å². The summed E-state index contributed by atoms with van der Waals surface area (Å²) >= 11 is 0. The highest BCUT2D eigenvalue weighted by Gasteiger charge is 2.09. The van der Waals surface area contributed by atoms with E-state index in [0.717, 1.165) is 13.1 Å². The Bertz CT molecular complexity index is 343. The Balaban J connectivity index is 0. The van der Waals surface area contributed by atoms with Gasteiger partial charge in [0, 0.05) is 19.1 Å². The summed E-state index contributed by atoms with van der Waals surface area (Å²) in [5.74, 6) is 0.856. The lowest BCUT2D eigenvalue weighted by molar-refractivity contribution is 0.203. The topological polar surface area (TPSA) is 142 Å². The zero-order chi connectivity index (χ0) is 15.6. The first-order valence-electron chi connectivity index (χ1n) is 5.92. The van der Waals surface area contributed by atoms with Crippen molar-refractivity contribution < 1.29 is 17.5 Å². The minimum atomic E-state index is -4.67. The van der Waals surface area contributed by atoms with E-state index >= 15 is 0 Å². The van der Waals surface area contributed by atoms with Crippen LogP contribution >= 0.6 is 0 Å². The number of nitrogens with zero attached hydrogens (tertiary/aromatic N) is 2. The maximum Gasteiger partial charge on any atom is 0.394 e. The molecule has 0 radical (unpaired) electrons. The molecule has 6 N–H and O–H groups in total. The molecule has 19 heavy (non-hydrogen) atoms. The van der Waals surface area contributed by atoms with Gasteiger partial charge in [-0.15, -0.1) is 0 Å². The standard InChI is InChI=1S/C10H24N4.H2O4S/c1-8(2)7-14(9(3)4)6-5-13-10(11)12;1-5(2,3)4/h8-9H,5-7H2,1-4H3,(H4,11,12,13);(H2,1,2,3,4). The van der Waals surface area contributed by atoms with Crippen molar-refractivity contribution in [1.82, 2.24) is 4.90 Å². The lowest BCUT2D eigenvalue weighted by Gasteiger charge is -2.27. The highest BCUT2D eigenvalue weighted by molar-refractivity contribution is 7.79. The van der Waals surface area contributed by atoms with E-state index in [2.05, 4.69) is 37.6 Å². The summed E-state index contributed by atoms with van der Waals surface area (Å²) in [6.07, 6.45) is 0. The van der Waals surface area contributed by atoms with Gasteiger partial charge >= 0.3 is 10.4 Å². The summed E-state index contributed by atoms with van der Waals surface area (Å²) < 4.78 is 31.6. The van der Waals surface area contributed by atoms with Crippen LogP contribution < -0.4 is 11.5 Å². The third-order valence-corrected chi connectivity index (χ3v) is 2.01. The van der Waals surface area contributed by atoms with Crippen molar-refractivity contribution in [2.24, 2.45) is 22.4 Å². The highest BCUT2D eigenvalue weighted by atomic mass is 32.3. The minimum absolute atomic E-state index is 0.179. The van der Waals surface area contributed by atoms with Crippen LogP contribution in [-0.2, 0) is 10.4 Å². The number of guanidine groups is 1. The molecule has 0 spiro atoms. The molecule has 0 aliphatic rings. The SMILES string of the molecule is CC(C)CN(CCN=C(N)N)C(C)C.O=S(=O)(O)O. The maximum absolute atomic E-state index is 8.74. The third-order valence-electron chi connectivity index (χ3n) is 2.01. The zero-order valence-electron chi connectivity index (χ0n) is 11.9. The van der Waals surface area contributed by atoms with Crippen LogP contribution in [0.15, 0.2) is 4.99 Å². The predicted octanol–water partition coefficient (Wildman–Crippen LogP) is -0.0266. The van der Waals surface area contributed by atoms with Gasteiger partial charge in [-0.05, 0) is 19.8 Å². The van der Waals surface area contributed by atoms with Gasteiger partial charge in [0.1, 0.15) is 0 Å². The molecule has 0 fully saturated rings. The molecule has 0 aromatic carbocycles. The molecular formula is C10H26N4O4S. The van der Waals surface area contributed by atoms with E-state index in [0.29, 0.717) is 18.5 Å². The average Bonchev–Trinajstić information content (AvgIpc) is 2.11. The number of hydrogen-bond acceptors (Lipinski definition) is 4. The Morgan fingerprint density at radius 2 is 1.63 bits per heavy atom. The van der Waals surface area contributed by atoms with Crippen molar-refractivity contribution in [3.63, 3.8) is 0 Å². The van der Waals surface area contributed by atoms with E-state index < -0.39 is 10.4 Å². The zero-order valence-corrected chi connectivity index (χ0v) is 12.8. The van der Waals surface area contributed by atoms with Crippen LogP contribution in [0.5, 0.6) is 0 Å². The summed E-state index contributed by atoms with van der Waals surface area (Å²) in [5.41, 5.74) is 10.5. The highest BCUT2D eigenvalue weighted by Crippen LogP contribution is 2.03. The van der Waals surface area contributed by atoms with Crippen molar-refractivity contribution in [3.8, 4) is 0 Å². The molecule has 0 aromatic rings. The summed E-state index contributed by atoms with van der Waals surface area (Å²) in [4.78, 5) is 6.37. The summed E-state index contributed by atoms with van der Waals surface area (Å²) in [7, 11) is -4.67. The Morgan fingerprint density at radius 1 is 1.21 bits per heavy atom. The van der Waals surface area contributed by atoms with Crippen LogP contribution in [0.2, 0.25) is 0 Å². The summed E-state index contributed by atoms with van der Waals surface area (Å²) in [5, 5.41) is 0. The Morgan fingerprint density at radius 3 is 1.89 bits per heavy atom. The van der Waals surface area contributed by atoms with E-state index in [-0.39, 0.29) is 5.96 Å². The third kappa shape index (κ3) is 22.7. The summed E-state index contributed by atoms with van der Waals surface area (Å²) in [6.45, 7) is 11.5. The minimum Gasteiger partial charge on any atom is -0.370 e. The average molecular weight is 298 g/mol. The molecule has 0 rings (SSSR count). The Kier molecular flexibility index (Phi) is 10.7. The first-order valence-corrected chi connectivity index (χ1v) is 7.32. The molecule has 8 nitrogen and oxygen atoms in total. The second kappa shape index (κ2) is 9.96. The van der Waals surface area contributed by atoms with Crippen LogP contribution in [0.1, 0.15) is 27.7 Å². The van der Waals surface area contributed by atoms with Crippen molar-refractivity contribution in [3.05, 3.63) is 0 Å². The van der Waals surface area contributed by atoms with E-state index in [1.165, 1.54) is 0 Å². The monoisotopic (exact) mass is 298 g/mol. The van der Waals surface area contributed by atoms with Crippen LogP contribution in [0.25, 0.3) is 0 Å². The lowest BCUT2D eigenvalue weighted by atomic mass is 10.2. The summed E-state index contributed by atoms with van der Waals surface area (Å²) in [6, 6.07) is 0.548. The fraction of sp³-hybridized carbons (Fsp3) is 0.900. The van der Waals surface area contributed by atoms with Crippen molar-refractivity contribution in [1.29, 1.82) is 0 Å². The van der Waals surface area contributed by atoms with Gasteiger partial charge in [-0.25, -0.2) is 0 Å². The molecule has 0 saturated carbocycles. The van der Waals surface area contributed by atoms with Crippen molar-refractivity contribution in [2.75, 3.05) is 19.6 Å². The first kappa shape index (κ1) is 20.4. The molecule has 116 valence electrons. The van der Waals surface area contributed by atoms with Crippen LogP contribution in [-0.4, -0.2) is 54.1 Å². The predicted molar refractivity (Wildman–Crippen MR) is 76.4 cm³/mol. The number of hydrogen-bond donors (Lipinski definition) is 4. The van der Waals surface area contributed by atoms with Crippen molar-refractivity contribution >= 4 is 16.4 Å². The number of nitrogens with two attached hydrogens (primary N) is 2. The van der Waals surface area contributed by atoms with Gasteiger partial charge in [0.15, 0.2) is 5.96 Å². The molecule has 0 aromatic heterocycles. The molecule has 0 unspecified atom stereocenters. The fourth-order valence-corrected chi connectivity index (χ4v) is 1.34. The Hall–Kier alpha value is -0.900. The van der Waals surface area contributed by atoms with Crippen molar-refractivity contribution in [2.45, 2.75) is 33.7 Å². The van der Waals surface area contributed by atoms with Crippen LogP contribution in [0.4, 0.5) is 0 Å². The number of rotatable bonds is 6. The second-order valence-electron chi connectivity index (χ2n) is 4.74. The van der Waals surface area contributed by atoms with E-state index in [1.54, 1.807) is 0 Å². The van der Waals surface area contributed by atoms with E-state index in [4.69, 9.17) is 29.0 Å². The molecule has 0 heterocycles. The molecule has 9 heteroatoms. The molecule has 0 aliphatic carbocycles. The lowest BCUT2D eigenvalue weighted by Crippen LogP contribution is -2.36. The smallest absolute Gasteiger partial charge is 0.370 e. The van der Waals surface area contributed by atoms with Gasteiger partial charge in [0.2, 0.25) is 0 Å². The van der Waals surface area contributed by atoms with Gasteiger partial charge in [-0.1, -0.05) is 13.8 Å². The fourth-order valence-electron chi connectivity index (χ4n) is 1.34. The van der Waals surface area contributed by atoms with Gasteiger partial charge in [-0.2, -0.15) is 8.42 Å². The normalized spacial score (nSPS) is 11.4. The Labute approximate surface area is 115 Å². The van der Waals surface area contributed by atoms with Gasteiger partial charge < -0.3 is 11.5 Å². The van der Waals surface area contributed by atoms with Gasteiger partial charge in [0.25, 0.3) is 0 Å². The van der Waals surface area contributed by atoms with E-state index in [9.17, 15) is 0 Å². The van der Waals surface area contributed by atoms with Gasteiger partial charge in [-0.3, -0.25) is 19.0 Å². The van der Waals surface area contributed by atoms with Crippen LogP contribution in [0, 0.1) is 5.92 Å². The molecule has 0 aliphatic heterocycles. The maximum atomic E-state index is 8.74. The quantitative estimate of drug-likeness (QED) is 0.306. The molecule has 0 amide bonds. The molecule has 0 bridgehead atoms. The second-order valence-corrected chi connectivity index (χ2v) is 5.63. The number of aliphatic imine (C=N–C) groups is 1. The largest absolute Gasteiger partial charge is 0.394 e. The first-order chi connectivity index (χ1) is 8.43. The van der Waals surface area contributed by atoms with Gasteiger partial charge in [0.05, 0.1) is 6.54 Å². The van der Waals surface area contributed by atoms with Crippen LogP contribution in [0.3, 0.4) is 0 Å². The molecular weight excluding hydrogens is 272 g/mol. The molecule has 0 saturated heterocycles.